The molecule has 0 aromatic heterocycles. The second-order valence-corrected chi connectivity index (χ2v) is 4.34. The highest BCUT2D eigenvalue weighted by Gasteiger charge is 2.21. The van der Waals surface area contributed by atoms with Crippen LogP contribution >= 0.6 is 0 Å². The summed E-state index contributed by atoms with van der Waals surface area (Å²) in [6.45, 7) is 4.15. The normalized spacial score (nSPS) is 20.1. The van der Waals surface area contributed by atoms with E-state index in [9.17, 15) is 10.1 Å². The monoisotopic (exact) mass is 221 g/mol. The standard InChI is InChI=1S/C11H15N3O2/c1-8-4-5-13(7-8)11-3-2-9(14(15)16)6-10(11)12/h2-3,6,8H,4-5,7,12H2,1H3. The predicted octanol–water partition coefficient (Wildman–Crippen LogP) is 2.02. The van der Waals surface area contributed by atoms with Crippen molar-refractivity contribution in [3.05, 3.63) is 28.3 Å². The fraction of sp³-hybridized carbons (Fsp3) is 0.455. The van der Waals surface area contributed by atoms with E-state index in [1.165, 1.54) is 12.1 Å². The average Bonchev–Trinajstić information content (AvgIpc) is 2.64. The molecule has 1 aromatic carbocycles. The molecule has 1 heterocycles. The van der Waals surface area contributed by atoms with E-state index in [4.69, 9.17) is 5.73 Å². The number of nitrogens with two attached hydrogens (primary N) is 1. The first kappa shape index (κ1) is 10.7. The SMILES string of the molecule is CC1CCN(c2ccc([N+](=O)[O-])cc2N)C1. The van der Waals surface area contributed by atoms with Gasteiger partial charge in [-0.3, -0.25) is 10.1 Å². The molecule has 1 atom stereocenters. The van der Waals surface area contributed by atoms with Gasteiger partial charge in [0.05, 0.1) is 16.3 Å². The molecule has 5 nitrogen and oxygen atoms in total. The molecule has 0 saturated carbocycles. The molecule has 0 amide bonds. The van der Waals surface area contributed by atoms with Gasteiger partial charge < -0.3 is 10.6 Å². The molecule has 0 spiro atoms. The molecule has 1 aliphatic rings. The van der Waals surface area contributed by atoms with Crippen molar-refractivity contribution >= 4 is 17.1 Å². The number of nitrogens with zero attached hydrogens (tertiary/aromatic N) is 2. The molecular formula is C11H15N3O2. The summed E-state index contributed by atoms with van der Waals surface area (Å²) in [6, 6.07) is 4.68. The number of benzene rings is 1. The molecule has 1 aromatic rings. The zero-order valence-corrected chi connectivity index (χ0v) is 9.22. The van der Waals surface area contributed by atoms with Crippen molar-refractivity contribution in [2.45, 2.75) is 13.3 Å². The van der Waals surface area contributed by atoms with Crippen LogP contribution in [0.5, 0.6) is 0 Å². The number of non-ortho nitro benzene ring substituents is 1. The number of nitro benzene ring substituents is 1. The van der Waals surface area contributed by atoms with Gasteiger partial charge >= 0.3 is 0 Å². The van der Waals surface area contributed by atoms with Gasteiger partial charge in [0.25, 0.3) is 5.69 Å². The lowest BCUT2D eigenvalue weighted by molar-refractivity contribution is -0.384. The van der Waals surface area contributed by atoms with Gasteiger partial charge in [0.2, 0.25) is 0 Å². The van der Waals surface area contributed by atoms with E-state index in [0.29, 0.717) is 11.6 Å². The van der Waals surface area contributed by atoms with Crippen LogP contribution in [0.25, 0.3) is 0 Å². The van der Waals surface area contributed by atoms with Crippen LogP contribution in [0.2, 0.25) is 0 Å². The summed E-state index contributed by atoms with van der Waals surface area (Å²) in [5.74, 6) is 0.662. The van der Waals surface area contributed by atoms with Gasteiger partial charge in [-0.25, -0.2) is 0 Å². The van der Waals surface area contributed by atoms with Crippen LogP contribution in [0.15, 0.2) is 18.2 Å². The van der Waals surface area contributed by atoms with Crippen LogP contribution < -0.4 is 10.6 Å². The Balaban J connectivity index is 2.26. The summed E-state index contributed by atoms with van der Waals surface area (Å²) >= 11 is 0. The number of nitrogen functional groups attached to an aromatic ring is 1. The smallest absolute Gasteiger partial charge is 0.271 e. The van der Waals surface area contributed by atoms with Gasteiger partial charge in [-0.1, -0.05) is 6.92 Å². The van der Waals surface area contributed by atoms with Crippen LogP contribution in [-0.4, -0.2) is 18.0 Å². The molecule has 2 N–H and O–H groups in total. The Bertz CT molecular complexity index is 420. The van der Waals surface area contributed by atoms with Crippen LogP contribution in [-0.2, 0) is 0 Å². The quantitative estimate of drug-likeness (QED) is 0.471. The van der Waals surface area contributed by atoms with Gasteiger partial charge in [0.1, 0.15) is 0 Å². The van der Waals surface area contributed by atoms with Crippen molar-refractivity contribution in [1.82, 2.24) is 0 Å². The van der Waals surface area contributed by atoms with Gasteiger partial charge in [0.15, 0.2) is 0 Å². The van der Waals surface area contributed by atoms with Gasteiger partial charge in [0, 0.05) is 25.2 Å². The number of anilines is 2. The number of hydrogen-bond acceptors (Lipinski definition) is 4. The van der Waals surface area contributed by atoms with E-state index in [1.807, 2.05) is 0 Å². The van der Waals surface area contributed by atoms with Crippen molar-refractivity contribution in [2.75, 3.05) is 23.7 Å². The van der Waals surface area contributed by atoms with Crippen molar-refractivity contribution in [2.24, 2.45) is 5.92 Å². The van der Waals surface area contributed by atoms with Gasteiger partial charge in [-0.05, 0) is 18.4 Å². The molecule has 1 saturated heterocycles. The summed E-state index contributed by atoms with van der Waals surface area (Å²) in [4.78, 5) is 12.3. The minimum absolute atomic E-state index is 0.0495. The Labute approximate surface area is 94.0 Å². The minimum Gasteiger partial charge on any atom is -0.397 e. The van der Waals surface area contributed by atoms with E-state index in [0.717, 1.165) is 25.2 Å². The molecule has 5 heteroatoms. The minimum atomic E-state index is -0.424. The van der Waals surface area contributed by atoms with Crippen molar-refractivity contribution < 1.29 is 4.92 Å². The van der Waals surface area contributed by atoms with Gasteiger partial charge in [-0.2, -0.15) is 0 Å². The Hall–Kier alpha value is -1.78. The fourth-order valence-corrected chi connectivity index (χ4v) is 2.10. The molecule has 16 heavy (non-hydrogen) atoms. The summed E-state index contributed by atoms with van der Waals surface area (Å²) in [5.41, 5.74) is 7.29. The molecule has 1 unspecified atom stereocenters. The third-order valence-electron chi connectivity index (χ3n) is 2.99. The van der Waals surface area contributed by atoms with Crippen LogP contribution in [0.4, 0.5) is 17.1 Å². The highest BCUT2D eigenvalue weighted by Crippen LogP contribution is 2.31. The Kier molecular flexibility index (Phi) is 2.68. The average molecular weight is 221 g/mol. The lowest BCUT2D eigenvalue weighted by atomic mass is 10.2. The van der Waals surface area contributed by atoms with Crippen molar-refractivity contribution in [3.8, 4) is 0 Å². The largest absolute Gasteiger partial charge is 0.397 e. The number of rotatable bonds is 2. The zero-order valence-electron chi connectivity index (χ0n) is 9.22. The lowest BCUT2D eigenvalue weighted by Gasteiger charge is -2.19. The zero-order chi connectivity index (χ0) is 11.7. The Morgan fingerprint density at radius 1 is 1.56 bits per heavy atom. The summed E-state index contributed by atoms with van der Waals surface area (Å²) < 4.78 is 0. The maximum atomic E-state index is 10.6. The first-order valence-electron chi connectivity index (χ1n) is 5.37. The fourth-order valence-electron chi connectivity index (χ4n) is 2.10. The van der Waals surface area contributed by atoms with E-state index in [2.05, 4.69) is 11.8 Å². The van der Waals surface area contributed by atoms with E-state index < -0.39 is 4.92 Å². The molecule has 1 fully saturated rings. The summed E-state index contributed by atoms with van der Waals surface area (Å²) in [5, 5.41) is 10.6. The molecule has 0 aliphatic carbocycles. The second kappa shape index (κ2) is 4.00. The molecule has 2 rings (SSSR count). The first-order chi connectivity index (χ1) is 7.58. The first-order valence-corrected chi connectivity index (χ1v) is 5.37. The molecular weight excluding hydrogens is 206 g/mol. The predicted molar refractivity (Wildman–Crippen MR) is 63.5 cm³/mol. The van der Waals surface area contributed by atoms with Gasteiger partial charge in [-0.15, -0.1) is 0 Å². The molecule has 1 aliphatic heterocycles. The number of nitro groups is 1. The lowest BCUT2D eigenvalue weighted by Crippen LogP contribution is -2.20. The molecule has 0 radical (unpaired) electrons. The van der Waals surface area contributed by atoms with Crippen LogP contribution in [0.3, 0.4) is 0 Å². The third kappa shape index (κ3) is 1.93. The highest BCUT2D eigenvalue weighted by atomic mass is 16.6. The van der Waals surface area contributed by atoms with Crippen LogP contribution in [0.1, 0.15) is 13.3 Å². The maximum Gasteiger partial charge on any atom is 0.271 e. The second-order valence-electron chi connectivity index (χ2n) is 4.34. The third-order valence-corrected chi connectivity index (χ3v) is 2.99. The Morgan fingerprint density at radius 3 is 2.81 bits per heavy atom. The van der Waals surface area contributed by atoms with E-state index in [1.54, 1.807) is 6.07 Å². The van der Waals surface area contributed by atoms with Crippen molar-refractivity contribution in [3.63, 3.8) is 0 Å². The number of hydrogen-bond donors (Lipinski definition) is 1. The summed E-state index contributed by atoms with van der Waals surface area (Å²) in [6.07, 6.45) is 1.15. The summed E-state index contributed by atoms with van der Waals surface area (Å²) in [7, 11) is 0. The maximum absolute atomic E-state index is 10.6. The molecule has 86 valence electrons. The van der Waals surface area contributed by atoms with Crippen molar-refractivity contribution in [1.29, 1.82) is 0 Å². The Morgan fingerprint density at radius 2 is 2.31 bits per heavy atom. The topological polar surface area (TPSA) is 72.4 Å². The van der Waals surface area contributed by atoms with E-state index >= 15 is 0 Å². The highest BCUT2D eigenvalue weighted by molar-refractivity contribution is 5.71. The van der Waals surface area contributed by atoms with E-state index in [-0.39, 0.29) is 5.69 Å². The van der Waals surface area contributed by atoms with Crippen LogP contribution in [0, 0.1) is 16.0 Å². The molecule has 0 bridgehead atoms.